The Bertz CT molecular complexity index is 1630. The Labute approximate surface area is 213 Å². The number of hydrogen-bond donors (Lipinski definition) is 1. The van der Waals surface area contributed by atoms with Crippen molar-refractivity contribution < 1.29 is 9.53 Å². The number of anilines is 1. The van der Waals surface area contributed by atoms with Crippen molar-refractivity contribution in [3.63, 3.8) is 0 Å². The van der Waals surface area contributed by atoms with Crippen LogP contribution in [0.2, 0.25) is 0 Å². The topological polar surface area (TPSA) is 99.2 Å². The predicted octanol–water partition coefficient (Wildman–Crippen LogP) is 4.93. The minimum Gasteiger partial charge on any atom is -0.457 e. The van der Waals surface area contributed by atoms with Gasteiger partial charge in [0.2, 0.25) is 5.91 Å². The first kappa shape index (κ1) is 22.5. The van der Waals surface area contributed by atoms with Crippen LogP contribution in [0.5, 0.6) is 11.5 Å². The van der Waals surface area contributed by atoms with Gasteiger partial charge in [0, 0.05) is 18.7 Å². The minimum atomic E-state index is -0.0666. The Morgan fingerprint density at radius 2 is 1.76 bits per heavy atom. The second-order valence-electron chi connectivity index (χ2n) is 8.79. The molecule has 2 aromatic heterocycles. The molecule has 3 aromatic carbocycles. The summed E-state index contributed by atoms with van der Waals surface area (Å²) >= 11 is 0. The number of ether oxygens (including phenoxy) is 1. The zero-order valence-electron chi connectivity index (χ0n) is 20.0. The number of nitrogens with zero attached hydrogens (tertiary/aromatic N) is 5. The number of nitrogens with two attached hydrogens (primary N) is 1. The Hall–Kier alpha value is -4.98. The third-order valence-electron chi connectivity index (χ3n) is 6.56. The highest BCUT2D eigenvalue weighted by Gasteiger charge is 2.24. The molecule has 1 amide bonds. The van der Waals surface area contributed by atoms with Gasteiger partial charge in [0.15, 0.2) is 5.65 Å². The number of carbonyl (C=O) groups is 1. The molecule has 0 radical (unpaired) electrons. The fraction of sp³-hybridized carbons (Fsp3) is 0.103. The van der Waals surface area contributed by atoms with Crippen molar-refractivity contribution in [2.45, 2.75) is 13.0 Å². The number of aromatic nitrogens is 4. The molecule has 0 saturated carbocycles. The van der Waals surface area contributed by atoms with Gasteiger partial charge in [0.25, 0.3) is 0 Å². The van der Waals surface area contributed by atoms with Gasteiger partial charge in [-0.25, -0.2) is 14.6 Å². The number of rotatable bonds is 5. The summed E-state index contributed by atoms with van der Waals surface area (Å²) in [5.41, 5.74) is 11.7. The molecule has 0 unspecified atom stereocenters. The van der Waals surface area contributed by atoms with Crippen molar-refractivity contribution in [2.75, 3.05) is 12.3 Å². The molecular weight excluding hydrogens is 464 g/mol. The summed E-state index contributed by atoms with van der Waals surface area (Å²) in [5.74, 6) is 1.79. The van der Waals surface area contributed by atoms with E-state index in [0.717, 1.165) is 33.9 Å². The molecule has 0 bridgehead atoms. The van der Waals surface area contributed by atoms with Crippen LogP contribution in [0.25, 0.3) is 28.0 Å². The maximum Gasteiger partial charge on any atom is 0.246 e. The normalized spacial score (nSPS) is 12.8. The number of nitrogen functional groups attached to an aromatic ring is 1. The van der Waals surface area contributed by atoms with E-state index >= 15 is 0 Å². The molecule has 5 aromatic rings. The highest BCUT2D eigenvalue weighted by atomic mass is 16.5. The Kier molecular flexibility index (Phi) is 5.61. The van der Waals surface area contributed by atoms with E-state index < -0.39 is 0 Å². The highest BCUT2D eigenvalue weighted by molar-refractivity contribution is 5.99. The molecule has 0 spiro atoms. The Morgan fingerprint density at radius 1 is 0.973 bits per heavy atom. The minimum absolute atomic E-state index is 0.0666. The third kappa shape index (κ3) is 4.08. The van der Waals surface area contributed by atoms with Crippen LogP contribution < -0.4 is 10.5 Å². The molecule has 1 aliphatic rings. The summed E-state index contributed by atoms with van der Waals surface area (Å²) in [6, 6.07) is 23.4. The zero-order chi connectivity index (χ0) is 25.4. The molecule has 8 nitrogen and oxygen atoms in total. The van der Waals surface area contributed by atoms with Crippen molar-refractivity contribution in [3.05, 3.63) is 103 Å². The van der Waals surface area contributed by atoms with E-state index in [-0.39, 0.29) is 5.91 Å². The Balaban J connectivity index is 1.42. The first-order valence-electron chi connectivity index (χ1n) is 12.0. The van der Waals surface area contributed by atoms with Gasteiger partial charge < -0.3 is 15.4 Å². The second kappa shape index (κ2) is 9.23. The van der Waals surface area contributed by atoms with Gasteiger partial charge in [-0.15, -0.1) is 0 Å². The van der Waals surface area contributed by atoms with E-state index in [1.165, 1.54) is 12.4 Å². The lowest BCUT2D eigenvalue weighted by Crippen LogP contribution is -2.35. The standard InChI is InChI=1S/C29H24N6O2/c1-2-25(36)34-16-15-23-20(17-34)7-6-10-24(23)35-29-26(28(30)31-18-32-29)27(33-35)19-11-13-22(14-12-19)37-21-8-4-3-5-9-21/h2-14,18H,1,15-17H2,(H2,30,31,32). The quantitative estimate of drug-likeness (QED) is 0.352. The molecule has 0 saturated heterocycles. The summed E-state index contributed by atoms with van der Waals surface area (Å²) in [6.45, 7) is 4.76. The summed E-state index contributed by atoms with van der Waals surface area (Å²) in [4.78, 5) is 22.8. The van der Waals surface area contributed by atoms with Crippen molar-refractivity contribution in [1.82, 2.24) is 24.6 Å². The Morgan fingerprint density at radius 3 is 2.54 bits per heavy atom. The van der Waals surface area contributed by atoms with Gasteiger partial charge in [-0.3, -0.25) is 4.79 Å². The van der Waals surface area contributed by atoms with Gasteiger partial charge in [-0.05, 0) is 66.1 Å². The summed E-state index contributed by atoms with van der Waals surface area (Å²) in [6.07, 6.45) is 3.52. The molecule has 0 fully saturated rings. The second-order valence-corrected chi connectivity index (χ2v) is 8.79. The SMILES string of the molecule is C=CC(=O)N1CCc2c(cccc2-n2nc(-c3ccc(Oc4ccccc4)cc3)c3c(N)ncnc32)C1. The predicted molar refractivity (Wildman–Crippen MR) is 142 cm³/mol. The number of amides is 1. The maximum absolute atomic E-state index is 12.2. The van der Waals surface area contributed by atoms with Crippen LogP contribution in [-0.2, 0) is 17.8 Å². The van der Waals surface area contributed by atoms with Crippen molar-refractivity contribution in [1.29, 1.82) is 0 Å². The lowest BCUT2D eigenvalue weighted by molar-refractivity contribution is -0.126. The fourth-order valence-corrected chi connectivity index (χ4v) is 4.76. The smallest absolute Gasteiger partial charge is 0.246 e. The molecular formula is C29H24N6O2. The fourth-order valence-electron chi connectivity index (χ4n) is 4.76. The van der Waals surface area contributed by atoms with Crippen LogP contribution in [0.15, 0.2) is 91.8 Å². The third-order valence-corrected chi connectivity index (χ3v) is 6.56. The van der Waals surface area contributed by atoms with Gasteiger partial charge in [-0.2, -0.15) is 5.10 Å². The van der Waals surface area contributed by atoms with E-state index in [1.54, 1.807) is 4.90 Å². The van der Waals surface area contributed by atoms with Gasteiger partial charge in [0.05, 0.1) is 11.1 Å². The molecule has 8 heteroatoms. The van der Waals surface area contributed by atoms with Crippen LogP contribution in [0.4, 0.5) is 5.82 Å². The van der Waals surface area contributed by atoms with Crippen molar-refractivity contribution in [3.8, 4) is 28.4 Å². The molecule has 182 valence electrons. The lowest BCUT2D eigenvalue weighted by Gasteiger charge is -2.29. The van der Waals surface area contributed by atoms with E-state index in [0.29, 0.717) is 42.1 Å². The number of para-hydroxylation sites is 1. The summed E-state index contributed by atoms with van der Waals surface area (Å²) < 4.78 is 7.78. The number of carbonyl (C=O) groups excluding carboxylic acids is 1. The molecule has 6 rings (SSSR count). The summed E-state index contributed by atoms with van der Waals surface area (Å²) in [5, 5.41) is 5.67. The molecule has 37 heavy (non-hydrogen) atoms. The van der Waals surface area contributed by atoms with Crippen LogP contribution in [0.1, 0.15) is 11.1 Å². The van der Waals surface area contributed by atoms with Gasteiger partial charge >= 0.3 is 0 Å². The number of benzene rings is 3. The van der Waals surface area contributed by atoms with Crippen LogP contribution in [0, 0.1) is 0 Å². The maximum atomic E-state index is 12.2. The zero-order valence-corrected chi connectivity index (χ0v) is 20.0. The average molecular weight is 489 g/mol. The van der Waals surface area contributed by atoms with Gasteiger partial charge in [0.1, 0.15) is 29.3 Å². The molecule has 0 aliphatic carbocycles. The van der Waals surface area contributed by atoms with E-state index in [1.807, 2.05) is 77.5 Å². The molecule has 1 aliphatic heterocycles. The first-order chi connectivity index (χ1) is 18.1. The highest BCUT2D eigenvalue weighted by Crippen LogP contribution is 2.35. The van der Waals surface area contributed by atoms with E-state index in [2.05, 4.69) is 16.5 Å². The molecule has 3 heterocycles. The van der Waals surface area contributed by atoms with Crippen LogP contribution in [-0.4, -0.2) is 37.1 Å². The lowest BCUT2D eigenvalue weighted by atomic mass is 9.97. The van der Waals surface area contributed by atoms with Crippen LogP contribution in [0.3, 0.4) is 0 Å². The van der Waals surface area contributed by atoms with E-state index in [9.17, 15) is 4.79 Å². The number of fused-ring (bicyclic) bond motifs is 2. The first-order valence-corrected chi connectivity index (χ1v) is 12.0. The summed E-state index contributed by atoms with van der Waals surface area (Å²) in [7, 11) is 0. The largest absolute Gasteiger partial charge is 0.457 e. The van der Waals surface area contributed by atoms with Crippen molar-refractivity contribution >= 4 is 22.8 Å². The van der Waals surface area contributed by atoms with E-state index in [4.69, 9.17) is 15.6 Å². The number of hydrogen-bond acceptors (Lipinski definition) is 6. The van der Waals surface area contributed by atoms with Crippen LogP contribution >= 0.6 is 0 Å². The van der Waals surface area contributed by atoms with Crippen molar-refractivity contribution in [2.24, 2.45) is 0 Å². The molecule has 0 atom stereocenters. The average Bonchev–Trinajstić information content (AvgIpc) is 3.34. The monoisotopic (exact) mass is 488 g/mol. The molecule has 2 N–H and O–H groups in total. The van der Waals surface area contributed by atoms with Gasteiger partial charge in [-0.1, -0.05) is 36.9 Å².